The highest BCUT2D eigenvalue weighted by Gasteiger charge is 2.12. The summed E-state index contributed by atoms with van der Waals surface area (Å²) in [5.74, 6) is 2.40. The van der Waals surface area contributed by atoms with E-state index in [9.17, 15) is 0 Å². The first kappa shape index (κ1) is 14.1. The van der Waals surface area contributed by atoms with Crippen molar-refractivity contribution in [1.82, 2.24) is 29.3 Å². The molecule has 0 spiro atoms. The lowest BCUT2D eigenvalue weighted by Crippen LogP contribution is -1.98. The maximum Gasteiger partial charge on any atom is 0.191 e. The summed E-state index contributed by atoms with van der Waals surface area (Å²) >= 11 is 7.55. The number of halogens is 1. The van der Waals surface area contributed by atoms with Crippen LogP contribution >= 0.6 is 23.4 Å². The molecule has 8 heteroatoms. The fraction of sp³-hybridized carbons (Fsp3) is 0.231. The molecule has 3 rings (SSSR count). The van der Waals surface area contributed by atoms with Crippen LogP contribution in [0.25, 0.3) is 11.4 Å². The van der Waals surface area contributed by atoms with Crippen molar-refractivity contribution < 1.29 is 0 Å². The van der Waals surface area contributed by atoms with Crippen molar-refractivity contribution in [2.75, 3.05) is 0 Å². The van der Waals surface area contributed by atoms with Gasteiger partial charge in [-0.2, -0.15) is 0 Å². The standard InChI is InChI=1S/C13H13ClN6S/c1-19-10(14)7-16-11(19)8-21-13-18-17-12(20(13)2)9-3-5-15-6-4-9/h3-7H,8H2,1-2H3. The van der Waals surface area contributed by atoms with Crippen LogP contribution in [0.4, 0.5) is 0 Å². The second kappa shape index (κ2) is 5.87. The Labute approximate surface area is 131 Å². The van der Waals surface area contributed by atoms with E-state index in [0.717, 1.165) is 22.4 Å². The largest absolute Gasteiger partial charge is 0.322 e. The van der Waals surface area contributed by atoms with Gasteiger partial charge in [0, 0.05) is 32.1 Å². The molecule has 0 N–H and O–H groups in total. The van der Waals surface area contributed by atoms with Crippen LogP contribution < -0.4 is 0 Å². The third kappa shape index (κ3) is 2.79. The van der Waals surface area contributed by atoms with E-state index in [1.807, 2.05) is 35.4 Å². The molecule has 21 heavy (non-hydrogen) atoms. The fourth-order valence-corrected chi connectivity index (χ4v) is 2.93. The molecule has 0 bridgehead atoms. The molecule has 0 aliphatic carbocycles. The summed E-state index contributed by atoms with van der Waals surface area (Å²) in [7, 11) is 3.84. The summed E-state index contributed by atoms with van der Waals surface area (Å²) in [6, 6.07) is 3.83. The van der Waals surface area contributed by atoms with Crippen LogP contribution in [0.15, 0.2) is 35.9 Å². The van der Waals surface area contributed by atoms with Crippen LogP contribution in [-0.4, -0.2) is 29.3 Å². The summed E-state index contributed by atoms with van der Waals surface area (Å²) in [6.07, 6.45) is 5.13. The minimum atomic E-state index is 0.626. The van der Waals surface area contributed by atoms with Crippen molar-refractivity contribution in [3.05, 3.63) is 41.7 Å². The monoisotopic (exact) mass is 320 g/mol. The average Bonchev–Trinajstić information content (AvgIpc) is 3.02. The molecular formula is C13H13ClN6S. The zero-order valence-electron chi connectivity index (χ0n) is 11.6. The van der Waals surface area contributed by atoms with Crippen molar-refractivity contribution in [1.29, 1.82) is 0 Å². The van der Waals surface area contributed by atoms with Gasteiger partial charge in [0.15, 0.2) is 11.0 Å². The predicted octanol–water partition coefficient (Wildman–Crippen LogP) is 2.56. The Hall–Kier alpha value is -1.86. The van der Waals surface area contributed by atoms with E-state index >= 15 is 0 Å². The van der Waals surface area contributed by atoms with Crippen LogP contribution in [0, 0.1) is 0 Å². The van der Waals surface area contributed by atoms with Crippen molar-refractivity contribution in [3.63, 3.8) is 0 Å². The van der Waals surface area contributed by atoms with E-state index in [1.165, 1.54) is 0 Å². The SMILES string of the molecule is Cn1c(Cl)cnc1CSc1nnc(-c2ccncc2)n1C. The van der Waals surface area contributed by atoms with E-state index in [0.29, 0.717) is 10.9 Å². The molecule has 0 aliphatic rings. The van der Waals surface area contributed by atoms with Crippen LogP contribution in [0.5, 0.6) is 0 Å². The molecular weight excluding hydrogens is 308 g/mol. The van der Waals surface area contributed by atoms with Gasteiger partial charge >= 0.3 is 0 Å². The average molecular weight is 321 g/mol. The highest BCUT2D eigenvalue weighted by Crippen LogP contribution is 2.25. The number of imidazole rings is 1. The molecule has 0 saturated heterocycles. The molecule has 0 saturated carbocycles. The minimum absolute atomic E-state index is 0.626. The molecule has 3 aromatic rings. The smallest absolute Gasteiger partial charge is 0.191 e. The van der Waals surface area contributed by atoms with Crippen molar-refractivity contribution >= 4 is 23.4 Å². The minimum Gasteiger partial charge on any atom is -0.322 e. The van der Waals surface area contributed by atoms with E-state index in [1.54, 1.807) is 30.4 Å². The number of aromatic nitrogens is 6. The lowest BCUT2D eigenvalue weighted by atomic mass is 10.2. The molecule has 3 heterocycles. The van der Waals surface area contributed by atoms with Gasteiger partial charge in [0.25, 0.3) is 0 Å². The van der Waals surface area contributed by atoms with Gasteiger partial charge in [-0.3, -0.25) is 4.98 Å². The first-order chi connectivity index (χ1) is 10.2. The van der Waals surface area contributed by atoms with E-state index in [2.05, 4.69) is 20.2 Å². The highest BCUT2D eigenvalue weighted by atomic mass is 35.5. The quantitative estimate of drug-likeness (QED) is 0.691. The van der Waals surface area contributed by atoms with Gasteiger partial charge in [-0.25, -0.2) is 4.98 Å². The topological polar surface area (TPSA) is 61.4 Å². The van der Waals surface area contributed by atoms with Crippen molar-refractivity contribution in [3.8, 4) is 11.4 Å². The van der Waals surface area contributed by atoms with Gasteiger partial charge in [0.2, 0.25) is 0 Å². The highest BCUT2D eigenvalue weighted by molar-refractivity contribution is 7.98. The summed E-state index contributed by atoms with van der Waals surface area (Å²) in [5.41, 5.74) is 0.992. The Bertz CT molecular complexity index is 751. The summed E-state index contributed by atoms with van der Waals surface area (Å²) in [6.45, 7) is 0. The Morgan fingerprint density at radius 2 is 1.90 bits per heavy atom. The maximum absolute atomic E-state index is 5.98. The molecule has 0 radical (unpaired) electrons. The van der Waals surface area contributed by atoms with Crippen LogP contribution in [0.2, 0.25) is 5.15 Å². The molecule has 3 aromatic heterocycles. The van der Waals surface area contributed by atoms with Crippen LogP contribution in [-0.2, 0) is 19.8 Å². The van der Waals surface area contributed by atoms with Crippen molar-refractivity contribution in [2.24, 2.45) is 14.1 Å². The molecule has 0 unspecified atom stereocenters. The molecule has 0 amide bonds. The number of hydrogen-bond donors (Lipinski definition) is 0. The van der Waals surface area contributed by atoms with Crippen LogP contribution in [0.1, 0.15) is 5.82 Å². The van der Waals surface area contributed by atoms with Gasteiger partial charge in [0.1, 0.15) is 11.0 Å². The van der Waals surface area contributed by atoms with Gasteiger partial charge < -0.3 is 9.13 Å². The molecule has 0 fully saturated rings. The van der Waals surface area contributed by atoms with E-state index < -0.39 is 0 Å². The van der Waals surface area contributed by atoms with Crippen LogP contribution in [0.3, 0.4) is 0 Å². The van der Waals surface area contributed by atoms with Crippen molar-refractivity contribution in [2.45, 2.75) is 10.9 Å². The predicted molar refractivity (Wildman–Crippen MR) is 82.0 cm³/mol. The van der Waals surface area contributed by atoms with Gasteiger partial charge in [-0.05, 0) is 12.1 Å². The van der Waals surface area contributed by atoms with Gasteiger partial charge in [-0.1, -0.05) is 23.4 Å². The van der Waals surface area contributed by atoms with Gasteiger partial charge in [-0.15, -0.1) is 10.2 Å². The van der Waals surface area contributed by atoms with E-state index in [4.69, 9.17) is 11.6 Å². The Kier molecular flexibility index (Phi) is 3.94. The number of hydrogen-bond acceptors (Lipinski definition) is 5. The number of nitrogens with zero attached hydrogens (tertiary/aromatic N) is 6. The first-order valence-corrected chi connectivity index (χ1v) is 7.62. The number of rotatable bonds is 4. The van der Waals surface area contributed by atoms with Gasteiger partial charge in [0.05, 0.1) is 11.9 Å². The molecule has 0 aliphatic heterocycles. The molecule has 108 valence electrons. The zero-order chi connectivity index (χ0) is 14.8. The summed E-state index contributed by atoms with van der Waals surface area (Å²) in [5, 5.41) is 9.93. The second-order valence-corrected chi connectivity index (χ2v) is 5.78. The van der Waals surface area contributed by atoms with E-state index in [-0.39, 0.29) is 0 Å². The molecule has 6 nitrogen and oxygen atoms in total. The molecule has 0 atom stereocenters. The number of pyridine rings is 1. The summed E-state index contributed by atoms with van der Waals surface area (Å²) < 4.78 is 3.82. The Morgan fingerprint density at radius 3 is 2.57 bits per heavy atom. The fourth-order valence-electron chi connectivity index (χ4n) is 1.88. The third-order valence-electron chi connectivity index (χ3n) is 3.13. The Balaban J connectivity index is 1.79. The lowest BCUT2D eigenvalue weighted by molar-refractivity contribution is 0.789. The second-order valence-electron chi connectivity index (χ2n) is 4.45. The Morgan fingerprint density at radius 1 is 1.14 bits per heavy atom. The lowest BCUT2D eigenvalue weighted by Gasteiger charge is -2.04. The molecule has 0 aromatic carbocycles. The first-order valence-electron chi connectivity index (χ1n) is 6.25. The number of thioether (sulfide) groups is 1. The normalized spacial score (nSPS) is 11.0. The summed E-state index contributed by atoms with van der Waals surface area (Å²) in [4.78, 5) is 8.28. The zero-order valence-corrected chi connectivity index (χ0v) is 13.1. The third-order valence-corrected chi connectivity index (χ3v) is 4.50. The maximum atomic E-state index is 5.98.